The average molecular weight is 270 g/mol. The van der Waals surface area contributed by atoms with E-state index in [1.165, 1.54) is 5.56 Å². The summed E-state index contributed by atoms with van der Waals surface area (Å²) in [4.78, 5) is 0. The highest BCUT2D eigenvalue weighted by Crippen LogP contribution is 2.30. The van der Waals surface area contributed by atoms with E-state index in [0.29, 0.717) is 6.42 Å². The Balaban J connectivity index is 1.97. The van der Waals surface area contributed by atoms with E-state index in [-0.39, 0.29) is 6.10 Å². The molecule has 1 heterocycles. The summed E-state index contributed by atoms with van der Waals surface area (Å²) in [6.45, 7) is 2.51. The highest BCUT2D eigenvalue weighted by atomic mass is 32.2. The second-order valence-corrected chi connectivity index (χ2v) is 6.25. The van der Waals surface area contributed by atoms with E-state index in [1.807, 2.05) is 12.1 Å². The van der Waals surface area contributed by atoms with Crippen LogP contribution in [0.15, 0.2) is 18.2 Å². The van der Waals surface area contributed by atoms with Crippen molar-refractivity contribution in [2.24, 2.45) is 0 Å². The van der Waals surface area contributed by atoms with E-state index in [9.17, 15) is 8.42 Å². The second-order valence-electron chi connectivity index (χ2n) is 4.65. The van der Waals surface area contributed by atoms with Gasteiger partial charge in [-0.2, -0.15) is 8.42 Å². The molecule has 1 aromatic rings. The molecule has 18 heavy (non-hydrogen) atoms. The minimum Gasteiger partial charge on any atom is -0.493 e. The Labute approximate surface area is 108 Å². The van der Waals surface area contributed by atoms with E-state index in [1.54, 1.807) is 6.92 Å². The van der Waals surface area contributed by atoms with Gasteiger partial charge in [0.15, 0.2) is 0 Å². The number of benzene rings is 1. The summed E-state index contributed by atoms with van der Waals surface area (Å²) in [5.41, 5.74) is 2.37. The Morgan fingerprint density at radius 1 is 1.44 bits per heavy atom. The Morgan fingerprint density at radius 2 is 2.22 bits per heavy atom. The summed E-state index contributed by atoms with van der Waals surface area (Å²) >= 11 is 0. The molecule has 0 N–H and O–H groups in total. The lowest BCUT2D eigenvalue weighted by Crippen LogP contribution is -2.14. The van der Waals surface area contributed by atoms with Crippen molar-refractivity contribution in [2.45, 2.75) is 32.3 Å². The van der Waals surface area contributed by atoms with Gasteiger partial charge in [0.1, 0.15) is 5.75 Å². The smallest absolute Gasteiger partial charge is 0.264 e. The minimum atomic E-state index is -3.37. The molecule has 1 aromatic carbocycles. The molecule has 100 valence electrons. The molecule has 5 heteroatoms. The van der Waals surface area contributed by atoms with Crippen molar-refractivity contribution in [3.63, 3.8) is 0 Å². The number of ether oxygens (including phenoxy) is 1. The number of hydrogen-bond acceptors (Lipinski definition) is 4. The van der Waals surface area contributed by atoms with E-state index in [0.717, 1.165) is 37.0 Å². The third-order valence-electron chi connectivity index (χ3n) is 2.96. The molecule has 1 atom stereocenters. The van der Waals surface area contributed by atoms with Gasteiger partial charge in [0.25, 0.3) is 10.1 Å². The standard InChI is InChI=1S/C13H18O4S/c1-10(17-18(2,14)15)6-7-11-4-3-5-12-8-9-16-13(11)12/h3-5,10H,6-9H2,1-2H3. The van der Waals surface area contributed by atoms with Crippen molar-refractivity contribution in [2.75, 3.05) is 12.9 Å². The van der Waals surface area contributed by atoms with Crippen LogP contribution in [-0.4, -0.2) is 27.4 Å². The molecule has 1 unspecified atom stereocenters. The Kier molecular flexibility index (Phi) is 3.92. The Bertz CT molecular complexity index is 522. The summed E-state index contributed by atoms with van der Waals surface area (Å²) < 4.78 is 32.5. The predicted molar refractivity (Wildman–Crippen MR) is 69.4 cm³/mol. The van der Waals surface area contributed by atoms with Crippen LogP contribution in [0.4, 0.5) is 0 Å². The van der Waals surface area contributed by atoms with Gasteiger partial charge >= 0.3 is 0 Å². The maximum atomic E-state index is 11.0. The molecule has 0 bridgehead atoms. The maximum Gasteiger partial charge on any atom is 0.264 e. The zero-order chi connectivity index (χ0) is 13.2. The predicted octanol–water partition coefficient (Wildman–Crippen LogP) is 1.92. The highest BCUT2D eigenvalue weighted by molar-refractivity contribution is 7.86. The molecule has 0 radical (unpaired) electrons. The van der Waals surface area contributed by atoms with Crippen LogP contribution in [0.25, 0.3) is 0 Å². The van der Waals surface area contributed by atoms with Crippen LogP contribution in [0.1, 0.15) is 24.5 Å². The Morgan fingerprint density at radius 3 is 2.94 bits per heavy atom. The number of aryl methyl sites for hydroxylation is 1. The molecule has 0 fully saturated rings. The first kappa shape index (κ1) is 13.4. The van der Waals surface area contributed by atoms with Crippen LogP contribution in [-0.2, 0) is 27.1 Å². The summed E-state index contributed by atoms with van der Waals surface area (Å²) in [5.74, 6) is 0.976. The fourth-order valence-electron chi connectivity index (χ4n) is 2.19. The molecule has 1 aliphatic rings. The molecule has 0 aliphatic carbocycles. The molecule has 0 aromatic heterocycles. The zero-order valence-corrected chi connectivity index (χ0v) is 11.5. The zero-order valence-electron chi connectivity index (χ0n) is 10.7. The van der Waals surface area contributed by atoms with Crippen LogP contribution in [0.3, 0.4) is 0 Å². The van der Waals surface area contributed by atoms with Crippen LogP contribution in [0.2, 0.25) is 0 Å². The molecule has 2 rings (SSSR count). The van der Waals surface area contributed by atoms with Gasteiger partial charge < -0.3 is 4.74 Å². The maximum absolute atomic E-state index is 11.0. The topological polar surface area (TPSA) is 52.6 Å². The number of fused-ring (bicyclic) bond motifs is 1. The molecule has 0 saturated heterocycles. The van der Waals surface area contributed by atoms with Gasteiger partial charge in [-0.25, -0.2) is 0 Å². The molecular formula is C13H18O4S. The minimum absolute atomic E-state index is 0.308. The largest absolute Gasteiger partial charge is 0.493 e. The summed E-state index contributed by atoms with van der Waals surface area (Å²) in [5, 5.41) is 0. The van der Waals surface area contributed by atoms with Gasteiger partial charge in [0.2, 0.25) is 0 Å². The van der Waals surface area contributed by atoms with Gasteiger partial charge in [0, 0.05) is 6.42 Å². The molecule has 4 nitrogen and oxygen atoms in total. The van der Waals surface area contributed by atoms with Gasteiger partial charge in [-0.3, -0.25) is 4.18 Å². The van der Waals surface area contributed by atoms with Gasteiger partial charge in [-0.1, -0.05) is 18.2 Å². The monoisotopic (exact) mass is 270 g/mol. The van der Waals surface area contributed by atoms with Crippen LogP contribution in [0.5, 0.6) is 5.75 Å². The second kappa shape index (κ2) is 5.28. The van der Waals surface area contributed by atoms with Crippen molar-refractivity contribution < 1.29 is 17.3 Å². The number of para-hydroxylation sites is 1. The van der Waals surface area contributed by atoms with E-state index < -0.39 is 10.1 Å². The van der Waals surface area contributed by atoms with Crippen molar-refractivity contribution in [3.8, 4) is 5.75 Å². The Hall–Kier alpha value is -1.07. The fraction of sp³-hybridized carbons (Fsp3) is 0.538. The first-order valence-electron chi connectivity index (χ1n) is 6.07. The quantitative estimate of drug-likeness (QED) is 0.767. The van der Waals surface area contributed by atoms with Crippen LogP contribution >= 0.6 is 0 Å². The number of rotatable bonds is 5. The van der Waals surface area contributed by atoms with E-state index in [2.05, 4.69) is 6.07 Å². The fourth-order valence-corrected chi connectivity index (χ4v) is 2.88. The van der Waals surface area contributed by atoms with Crippen molar-refractivity contribution in [1.82, 2.24) is 0 Å². The molecule has 0 spiro atoms. The first-order valence-corrected chi connectivity index (χ1v) is 7.89. The SMILES string of the molecule is CC(CCc1cccc2c1OCC2)OS(C)(=O)=O. The molecule has 0 amide bonds. The number of hydrogen-bond donors (Lipinski definition) is 0. The lowest BCUT2D eigenvalue weighted by atomic mass is 10.0. The third-order valence-corrected chi connectivity index (χ3v) is 3.63. The van der Waals surface area contributed by atoms with Gasteiger partial charge in [-0.05, 0) is 30.9 Å². The van der Waals surface area contributed by atoms with Crippen LogP contribution < -0.4 is 4.74 Å². The van der Waals surface area contributed by atoms with Crippen molar-refractivity contribution in [3.05, 3.63) is 29.3 Å². The van der Waals surface area contributed by atoms with E-state index >= 15 is 0 Å². The van der Waals surface area contributed by atoms with Gasteiger partial charge in [0.05, 0.1) is 19.0 Å². The normalized spacial score (nSPS) is 16.1. The summed E-state index contributed by atoms with van der Waals surface area (Å²) in [6.07, 6.45) is 3.15. The molecule has 1 aliphatic heterocycles. The third kappa shape index (κ3) is 3.46. The first-order chi connectivity index (χ1) is 8.46. The van der Waals surface area contributed by atoms with Gasteiger partial charge in [-0.15, -0.1) is 0 Å². The molecular weight excluding hydrogens is 252 g/mol. The van der Waals surface area contributed by atoms with Crippen molar-refractivity contribution >= 4 is 10.1 Å². The average Bonchev–Trinajstić information content (AvgIpc) is 2.72. The lowest BCUT2D eigenvalue weighted by Gasteiger charge is -2.12. The molecule has 0 saturated carbocycles. The lowest BCUT2D eigenvalue weighted by molar-refractivity contribution is 0.220. The summed E-state index contributed by atoms with van der Waals surface area (Å²) in [6, 6.07) is 6.12. The van der Waals surface area contributed by atoms with Crippen molar-refractivity contribution in [1.29, 1.82) is 0 Å². The summed E-state index contributed by atoms with van der Waals surface area (Å²) in [7, 11) is -3.37. The highest BCUT2D eigenvalue weighted by Gasteiger charge is 2.17. The van der Waals surface area contributed by atoms with Crippen LogP contribution in [0, 0.1) is 0 Å². The van der Waals surface area contributed by atoms with E-state index in [4.69, 9.17) is 8.92 Å².